The van der Waals surface area contributed by atoms with Crippen molar-refractivity contribution in [3.05, 3.63) is 29.8 Å². The summed E-state index contributed by atoms with van der Waals surface area (Å²) in [7, 11) is 1.73. The summed E-state index contributed by atoms with van der Waals surface area (Å²) in [5.74, 6) is 2.57. The van der Waals surface area contributed by atoms with Gasteiger partial charge in [-0.15, -0.1) is 0 Å². The number of rotatable bonds is 4. The molecule has 110 valence electrons. The van der Waals surface area contributed by atoms with Gasteiger partial charge >= 0.3 is 0 Å². The van der Waals surface area contributed by atoms with Crippen molar-refractivity contribution in [3.63, 3.8) is 0 Å². The van der Waals surface area contributed by atoms with E-state index in [0.29, 0.717) is 0 Å². The fourth-order valence-corrected chi connectivity index (χ4v) is 3.77. The van der Waals surface area contributed by atoms with Crippen LogP contribution in [0.4, 0.5) is 0 Å². The van der Waals surface area contributed by atoms with Crippen molar-refractivity contribution in [3.8, 4) is 5.75 Å². The Morgan fingerprint density at radius 2 is 1.75 bits per heavy atom. The minimum Gasteiger partial charge on any atom is -0.497 e. The Morgan fingerprint density at radius 3 is 2.40 bits per heavy atom. The summed E-state index contributed by atoms with van der Waals surface area (Å²) in [6.45, 7) is 2.41. The monoisotopic (exact) mass is 273 g/mol. The Morgan fingerprint density at radius 1 is 1.05 bits per heavy atom. The van der Waals surface area contributed by atoms with E-state index in [1.54, 1.807) is 7.11 Å². The third-order valence-electron chi connectivity index (χ3n) is 5.29. The molecule has 2 aliphatic carbocycles. The highest BCUT2D eigenvalue weighted by Gasteiger charge is 2.33. The zero-order valence-electron chi connectivity index (χ0n) is 12.8. The SMILES string of the molecule is COc1ccc(C2CC(NC3CCCCC3C)C2)cc1. The zero-order valence-corrected chi connectivity index (χ0v) is 12.8. The van der Waals surface area contributed by atoms with Crippen molar-refractivity contribution < 1.29 is 4.74 Å². The van der Waals surface area contributed by atoms with Crippen LogP contribution in [0.15, 0.2) is 24.3 Å². The van der Waals surface area contributed by atoms with Crippen molar-refractivity contribution in [1.29, 1.82) is 0 Å². The topological polar surface area (TPSA) is 21.3 Å². The van der Waals surface area contributed by atoms with Gasteiger partial charge in [0.1, 0.15) is 5.75 Å². The largest absolute Gasteiger partial charge is 0.497 e. The Kier molecular flexibility index (Phi) is 4.30. The second-order valence-electron chi connectivity index (χ2n) is 6.67. The van der Waals surface area contributed by atoms with Crippen LogP contribution in [0.3, 0.4) is 0 Å². The molecule has 0 spiro atoms. The molecule has 2 heteroatoms. The normalized spacial score (nSPS) is 33.5. The van der Waals surface area contributed by atoms with E-state index in [0.717, 1.165) is 29.7 Å². The van der Waals surface area contributed by atoms with Gasteiger partial charge in [0.2, 0.25) is 0 Å². The molecule has 20 heavy (non-hydrogen) atoms. The third-order valence-corrected chi connectivity index (χ3v) is 5.29. The second-order valence-corrected chi connectivity index (χ2v) is 6.67. The highest BCUT2D eigenvalue weighted by atomic mass is 16.5. The first-order chi connectivity index (χ1) is 9.76. The van der Waals surface area contributed by atoms with Crippen LogP contribution in [-0.2, 0) is 0 Å². The van der Waals surface area contributed by atoms with Gasteiger partial charge in [-0.3, -0.25) is 0 Å². The van der Waals surface area contributed by atoms with Gasteiger partial charge in [0.25, 0.3) is 0 Å². The standard InChI is InChI=1S/C18H27NO/c1-13-5-3-4-6-18(13)19-16-11-15(12-16)14-7-9-17(20-2)10-8-14/h7-10,13,15-16,18-19H,3-6,11-12H2,1-2H3. The van der Waals surface area contributed by atoms with Gasteiger partial charge in [-0.25, -0.2) is 0 Å². The van der Waals surface area contributed by atoms with Crippen LogP contribution in [0.1, 0.15) is 56.9 Å². The Labute approximate surface area is 122 Å². The van der Waals surface area contributed by atoms with Crippen LogP contribution in [0.25, 0.3) is 0 Å². The lowest BCUT2D eigenvalue weighted by atomic mass is 9.74. The summed E-state index contributed by atoms with van der Waals surface area (Å²) in [5, 5.41) is 3.90. The zero-order chi connectivity index (χ0) is 13.9. The van der Waals surface area contributed by atoms with Crippen LogP contribution in [0.5, 0.6) is 5.75 Å². The average molecular weight is 273 g/mol. The van der Waals surface area contributed by atoms with E-state index in [1.165, 1.54) is 44.1 Å². The molecule has 1 aromatic rings. The van der Waals surface area contributed by atoms with Crippen molar-refractivity contribution in [2.24, 2.45) is 5.92 Å². The fourth-order valence-electron chi connectivity index (χ4n) is 3.77. The van der Waals surface area contributed by atoms with Gasteiger partial charge < -0.3 is 10.1 Å². The van der Waals surface area contributed by atoms with E-state index in [4.69, 9.17) is 4.74 Å². The van der Waals surface area contributed by atoms with Crippen LogP contribution >= 0.6 is 0 Å². The van der Waals surface area contributed by atoms with Gasteiger partial charge in [-0.05, 0) is 55.2 Å². The molecular formula is C18H27NO. The molecule has 2 unspecified atom stereocenters. The molecular weight excluding hydrogens is 246 g/mol. The lowest BCUT2D eigenvalue weighted by Gasteiger charge is -2.41. The smallest absolute Gasteiger partial charge is 0.118 e. The molecule has 1 N–H and O–H groups in total. The molecule has 3 rings (SSSR count). The van der Waals surface area contributed by atoms with Gasteiger partial charge in [0, 0.05) is 12.1 Å². The maximum Gasteiger partial charge on any atom is 0.118 e. The highest BCUT2D eigenvalue weighted by Crippen LogP contribution is 2.38. The predicted molar refractivity (Wildman–Crippen MR) is 83.3 cm³/mol. The summed E-state index contributed by atoms with van der Waals surface area (Å²) >= 11 is 0. The number of ether oxygens (including phenoxy) is 1. The minimum absolute atomic E-state index is 0.743. The molecule has 0 aromatic heterocycles. The predicted octanol–water partition coefficient (Wildman–Crippen LogP) is 4.11. The Hall–Kier alpha value is -1.02. The number of hydrogen-bond acceptors (Lipinski definition) is 2. The average Bonchev–Trinajstić information content (AvgIpc) is 2.44. The number of hydrogen-bond donors (Lipinski definition) is 1. The molecule has 0 amide bonds. The first kappa shape index (κ1) is 13.9. The molecule has 0 heterocycles. The maximum atomic E-state index is 5.22. The summed E-state index contributed by atoms with van der Waals surface area (Å²) in [4.78, 5) is 0. The molecule has 2 atom stereocenters. The maximum absolute atomic E-state index is 5.22. The molecule has 0 bridgehead atoms. The molecule has 0 radical (unpaired) electrons. The van der Waals surface area contributed by atoms with Gasteiger partial charge in [-0.1, -0.05) is 31.9 Å². The van der Waals surface area contributed by atoms with Crippen molar-refractivity contribution in [2.75, 3.05) is 7.11 Å². The van der Waals surface area contributed by atoms with Crippen LogP contribution in [-0.4, -0.2) is 19.2 Å². The van der Waals surface area contributed by atoms with Crippen LogP contribution in [0.2, 0.25) is 0 Å². The van der Waals surface area contributed by atoms with Crippen LogP contribution in [0, 0.1) is 5.92 Å². The van der Waals surface area contributed by atoms with E-state index in [1.807, 2.05) is 0 Å². The number of nitrogens with one attached hydrogen (secondary N) is 1. The van der Waals surface area contributed by atoms with Gasteiger partial charge in [0.05, 0.1) is 7.11 Å². The molecule has 0 aliphatic heterocycles. The molecule has 1 aromatic carbocycles. The lowest BCUT2D eigenvalue weighted by Crippen LogP contribution is -2.48. The number of methoxy groups -OCH3 is 1. The van der Waals surface area contributed by atoms with Gasteiger partial charge in [-0.2, -0.15) is 0 Å². The van der Waals surface area contributed by atoms with Crippen molar-refractivity contribution in [2.45, 2.75) is 63.5 Å². The van der Waals surface area contributed by atoms with Gasteiger partial charge in [0.15, 0.2) is 0 Å². The summed E-state index contributed by atoms with van der Waals surface area (Å²) in [6, 6.07) is 10.1. The van der Waals surface area contributed by atoms with Crippen molar-refractivity contribution in [1.82, 2.24) is 5.32 Å². The lowest BCUT2D eigenvalue weighted by molar-refractivity contribution is 0.201. The van der Waals surface area contributed by atoms with Crippen LogP contribution < -0.4 is 10.1 Å². The van der Waals surface area contributed by atoms with E-state index in [-0.39, 0.29) is 0 Å². The first-order valence-electron chi connectivity index (χ1n) is 8.16. The molecule has 2 fully saturated rings. The van der Waals surface area contributed by atoms with E-state index in [9.17, 15) is 0 Å². The third kappa shape index (κ3) is 3.01. The Bertz CT molecular complexity index is 422. The second kappa shape index (κ2) is 6.17. The van der Waals surface area contributed by atoms with E-state index >= 15 is 0 Å². The van der Waals surface area contributed by atoms with E-state index in [2.05, 4.69) is 36.5 Å². The van der Waals surface area contributed by atoms with Crippen molar-refractivity contribution >= 4 is 0 Å². The highest BCUT2D eigenvalue weighted by molar-refractivity contribution is 5.30. The number of benzene rings is 1. The first-order valence-corrected chi connectivity index (χ1v) is 8.16. The molecule has 2 saturated carbocycles. The molecule has 2 nitrogen and oxygen atoms in total. The summed E-state index contributed by atoms with van der Waals surface area (Å²) < 4.78 is 5.22. The quantitative estimate of drug-likeness (QED) is 0.891. The molecule has 0 saturated heterocycles. The van der Waals surface area contributed by atoms with E-state index < -0.39 is 0 Å². The fraction of sp³-hybridized carbons (Fsp3) is 0.667. The summed E-state index contributed by atoms with van der Waals surface area (Å²) in [6.07, 6.45) is 8.23. The minimum atomic E-state index is 0.743. The summed E-state index contributed by atoms with van der Waals surface area (Å²) in [5.41, 5.74) is 1.47. The Balaban J connectivity index is 1.48. The molecule has 2 aliphatic rings.